The molecule has 1 saturated heterocycles. The lowest BCUT2D eigenvalue weighted by Gasteiger charge is -2.27. The maximum absolute atomic E-state index is 11.3. The Hall–Kier alpha value is -0.370. The molecule has 2 unspecified atom stereocenters. The van der Waals surface area contributed by atoms with E-state index in [9.17, 15) is 4.79 Å². The molecule has 0 spiro atoms. The SMILES string of the molecule is CCC(=O)C1CNCCC1C. The fourth-order valence-electron chi connectivity index (χ4n) is 1.68. The lowest BCUT2D eigenvalue weighted by molar-refractivity contribution is -0.124. The molecule has 1 aliphatic heterocycles. The minimum Gasteiger partial charge on any atom is -0.316 e. The molecule has 0 radical (unpaired) electrons. The highest BCUT2D eigenvalue weighted by Gasteiger charge is 2.25. The lowest BCUT2D eigenvalue weighted by Crippen LogP contribution is -2.39. The highest BCUT2D eigenvalue weighted by molar-refractivity contribution is 5.81. The van der Waals surface area contributed by atoms with Gasteiger partial charge in [-0.2, -0.15) is 0 Å². The van der Waals surface area contributed by atoms with Crippen molar-refractivity contribution in [3.8, 4) is 0 Å². The van der Waals surface area contributed by atoms with Crippen LogP contribution in [0.4, 0.5) is 0 Å². The van der Waals surface area contributed by atoms with E-state index < -0.39 is 0 Å². The van der Waals surface area contributed by atoms with Crippen molar-refractivity contribution in [3.05, 3.63) is 0 Å². The number of rotatable bonds is 2. The second-order valence-electron chi connectivity index (χ2n) is 3.40. The summed E-state index contributed by atoms with van der Waals surface area (Å²) in [4.78, 5) is 11.3. The highest BCUT2D eigenvalue weighted by Crippen LogP contribution is 2.19. The average molecular weight is 155 g/mol. The van der Waals surface area contributed by atoms with Crippen LogP contribution in [0.3, 0.4) is 0 Å². The third-order valence-corrected chi connectivity index (χ3v) is 2.59. The summed E-state index contributed by atoms with van der Waals surface area (Å²) in [6.45, 7) is 6.10. The van der Waals surface area contributed by atoms with E-state index in [4.69, 9.17) is 0 Å². The number of piperidine rings is 1. The summed E-state index contributed by atoms with van der Waals surface area (Å²) in [5.41, 5.74) is 0. The summed E-state index contributed by atoms with van der Waals surface area (Å²) in [6.07, 6.45) is 1.84. The van der Waals surface area contributed by atoms with Gasteiger partial charge in [-0.3, -0.25) is 4.79 Å². The summed E-state index contributed by atoms with van der Waals surface area (Å²) in [5.74, 6) is 1.29. The van der Waals surface area contributed by atoms with Crippen LogP contribution in [0.25, 0.3) is 0 Å². The molecule has 0 aromatic rings. The van der Waals surface area contributed by atoms with Crippen LogP contribution in [0.2, 0.25) is 0 Å². The Labute approximate surface area is 68.4 Å². The second-order valence-corrected chi connectivity index (χ2v) is 3.40. The van der Waals surface area contributed by atoms with Crippen LogP contribution >= 0.6 is 0 Å². The number of Topliss-reactive ketones (excluding diaryl/α,β-unsaturated/α-hetero) is 1. The third-order valence-electron chi connectivity index (χ3n) is 2.59. The van der Waals surface area contributed by atoms with Gasteiger partial charge in [0.05, 0.1) is 0 Å². The maximum Gasteiger partial charge on any atom is 0.137 e. The molecule has 1 fully saturated rings. The molecular weight excluding hydrogens is 138 g/mol. The molecule has 2 heteroatoms. The van der Waals surface area contributed by atoms with Crippen molar-refractivity contribution in [3.63, 3.8) is 0 Å². The van der Waals surface area contributed by atoms with Gasteiger partial charge in [0.2, 0.25) is 0 Å². The number of carbonyl (C=O) groups excluding carboxylic acids is 1. The molecule has 0 aliphatic carbocycles. The minimum absolute atomic E-state index is 0.286. The van der Waals surface area contributed by atoms with E-state index in [2.05, 4.69) is 12.2 Å². The van der Waals surface area contributed by atoms with Gasteiger partial charge in [0.25, 0.3) is 0 Å². The number of hydrogen-bond donors (Lipinski definition) is 1. The topological polar surface area (TPSA) is 29.1 Å². The molecule has 1 aliphatic rings. The summed E-state index contributed by atoms with van der Waals surface area (Å²) in [7, 11) is 0. The van der Waals surface area contributed by atoms with Gasteiger partial charge in [0, 0.05) is 18.9 Å². The first kappa shape index (κ1) is 8.72. The molecule has 0 aromatic carbocycles. The van der Waals surface area contributed by atoms with Crippen LogP contribution < -0.4 is 5.32 Å². The first-order chi connectivity index (χ1) is 5.25. The van der Waals surface area contributed by atoms with Gasteiger partial charge in [-0.05, 0) is 18.9 Å². The standard InChI is InChI=1S/C9H17NO/c1-3-9(11)8-6-10-5-4-7(8)2/h7-8,10H,3-6H2,1-2H3. The van der Waals surface area contributed by atoms with Crippen LogP contribution in [0, 0.1) is 11.8 Å². The molecule has 1 N–H and O–H groups in total. The number of nitrogens with one attached hydrogen (secondary N) is 1. The van der Waals surface area contributed by atoms with Crippen molar-refractivity contribution >= 4 is 5.78 Å². The zero-order chi connectivity index (χ0) is 8.27. The third kappa shape index (κ3) is 2.03. The second kappa shape index (κ2) is 3.86. The molecular formula is C9H17NO. The molecule has 11 heavy (non-hydrogen) atoms. The van der Waals surface area contributed by atoms with Gasteiger partial charge in [-0.15, -0.1) is 0 Å². The Morgan fingerprint density at radius 3 is 2.91 bits per heavy atom. The van der Waals surface area contributed by atoms with E-state index in [-0.39, 0.29) is 5.92 Å². The van der Waals surface area contributed by atoms with Crippen LogP contribution in [-0.2, 0) is 4.79 Å². The number of carbonyl (C=O) groups is 1. The van der Waals surface area contributed by atoms with Gasteiger partial charge in [-0.1, -0.05) is 13.8 Å². The van der Waals surface area contributed by atoms with E-state index >= 15 is 0 Å². The van der Waals surface area contributed by atoms with E-state index in [1.54, 1.807) is 0 Å². The van der Waals surface area contributed by atoms with Crippen LogP contribution in [0.5, 0.6) is 0 Å². The van der Waals surface area contributed by atoms with E-state index in [0.717, 1.165) is 19.5 Å². The minimum atomic E-state index is 0.286. The summed E-state index contributed by atoms with van der Waals surface area (Å²) >= 11 is 0. The maximum atomic E-state index is 11.3. The molecule has 0 saturated carbocycles. The number of hydrogen-bond acceptors (Lipinski definition) is 2. The molecule has 2 nitrogen and oxygen atoms in total. The van der Waals surface area contributed by atoms with Gasteiger partial charge >= 0.3 is 0 Å². The van der Waals surface area contributed by atoms with Gasteiger partial charge in [0.15, 0.2) is 0 Å². The first-order valence-electron chi connectivity index (χ1n) is 4.49. The Morgan fingerprint density at radius 2 is 2.36 bits per heavy atom. The van der Waals surface area contributed by atoms with Crippen LogP contribution in [0.15, 0.2) is 0 Å². The molecule has 0 amide bonds. The van der Waals surface area contributed by atoms with E-state index in [1.807, 2.05) is 6.92 Å². The predicted molar refractivity (Wildman–Crippen MR) is 45.4 cm³/mol. The van der Waals surface area contributed by atoms with Crippen LogP contribution in [-0.4, -0.2) is 18.9 Å². The first-order valence-corrected chi connectivity index (χ1v) is 4.49. The fourth-order valence-corrected chi connectivity index (χ4v) is 1.68. The lowest BCUT2D eigenvalue weighted by atomic mass is 9.84. The largest absolute Gasteiger partial charge is 0.316 e. The zero-order valence-corrected chi connectivity index (χ0v) is 7.39. The normalized spacial score (nSPS) is 31.8. The Balaban J connectivity index is 2.47. The Bertz CT molecular complexity index is 144. The molecule has 0 bridgehead atoms. The van der Waals surface area contributed by atoms with Crippen molar-refractivity contribution in [2.45, 2.75) is 26.7 Å². The molecule has 2 atom stereocenters. The van der Waals surface area contributed by atoms with Crippen molar-refractivity contribution in [1.29, 1.82) is 0 Å². The molecule has 1 rings (SSSR count). The monoisotopic (exact) mass is 155 g/mol. The molecule has 1 heterocycles. The average Bonchev–Trinajstić information content (AvgIpc) is 2.04. The van der Waals surface area contributed by atoms with Crippen molar-refractivity contribution in [2.75, 3.05) is 13.1 Å². The summed E-state index contributed by atoms with van der Waals surface area (Å²) in [5, 5.41) is 3.26. The highest BCUT2D eigenvalue weighted by atomic mass is 16.1. The van der Waals surface area contributed by atoms with Gasteiger partial charge in [-0.25, -0.2) is 0 Å². The van der Waals surface area contributed by atoms with Crippen LogP contribution in [0.1, 0.15) is 26.7 Å². The predicted octanol–water partition coefficient (Wildman–Crippen LogP) is 1.21. The van der Waals surface area contributed by atoms with E-state index in [0.29, 0.717) is 18.1 Å². The van der Waals surface area contributed by atoms with Gasteiger partial charge < -0.3 is 5.32 Å². The summed E-state index contributed by atoms with van der Waals surface area (Å²) < 4.78 is 0. The van der Waals surface area contributed by atoms with Gasteiger partial charge in [0.1, 0.15) is 5.78 Å². The van der Waals surface area contributed by atoms with E-state index in [1.165, 1.54) is 0 Å². The fraction of sp³-hybridized carbons (Fsp3) is 0.889. The quantitative estimate of drug-likeness (QED) is 0.649. The van der Waals surface area contributed by atoms with Crippen molar-refractivity contribution < 1.29 is 4.79 Å². The molecule has 0 aromatic heterocycles. The Kier molecular flexibility index (Phi) is 3.06. The smallest absolute Gasteiger partial charge is 0.137 e. The molecule has 64 valence electrons. The van der Waals surface area contributed by atoms with Crippen molar-refractivity contribution in [1.82, 2.24) is 5.32 Å². The number of ketones is 1. The van der Waals surface area contributed by atoms with Crippen molar-refractivity contribution in [2.24, 2.45) is 11.8 Å². The zero-order valence-electron chi connectivity index (χ0n) is 7.39. The summed E-state index contributed by atoms with van der Waals surface area (Å²) in [6, 6.07) is 0. The Morgan fingerprint density at radius 1 is 1.64 bits per heavy atom.